The lowest BCUT2D eigenvalue weighted by Crippen LogP contribution is -2.08. The van der Waals surface area contributed by atoms with Gasteiger partial charge >= 0.3 is 0 Å². The van der Waals surface area contributed by atoms with Crippen molar-refractivity contribution in [1.82, 2.24) is 19.1 Å². The number of alkyl halides is 1. The van der Waals surface area contributed by atoms with E-state index in [4.69, 9.17) is 68.0 Å². The summed E-state index contributed by atoms with van der Waals surface area (Å²) in [6, 6.07) is 26.8. The average molecular weight is 763 g/mol. The number of aliphatic imine (C=N–C) groups is 2. The quantitative estimate of drug-likeness (QED) is 0.182. The van der Waals surface area contributed by atoms with Crippen LogP contribution in [0.15, 0.2) is 94.9 Å². The van der Waals surface area contributed by atoms with Crippen molar-refractivity contribution in [3.8, 4) is 11.4 Å². The molecule has 2 aliphatic rings. The molecule has 0 saturated carbocycles. The number of imidazole rings is 2. The molecule has 252 valence electrons. The fourth-order valence-electron chi connectivity index (χ4n) is 6.50. The van der Waals surface area contributed by atoms with E-state index in [0.717, 1.165) is 73.8 Å². The molecule has 0 amide bonds. The summed E-state index contributed by atoms with van der Waals surface area (Å²) < 4.78 is 4.14. The molecular weight excluding hydrogens is 734 g/mol. The molecule has 7 nitrogen and oxygen atoms in total. The molecular formula is C38H29Cl5N6O. The number of halogens is 5. The highest BCUT2D eigenvalue weighted by molar-refractivity contribution is 6.37. The van der Waals surface area contributed by atoms with Gasteiger partial charge in [0.2, 0.25) is 0 Å². The Morgan fingerprint density at radius 2 is 1.04 bits per heavy atom. The van der Waals surface area contributed by atoms with Gasteiger partial charge in [0.15, 0.2) is 0 Å². The Kier molecular flexibility index (Phi) is 9.90. The smallest absolute Gasteiger partial charge is 0.110 e. The minimum Gasteiger partial charge on any atom is -0.390 e. The van der Waals surface area contributed by atoms with Crippen molar-refractivity contribution in [2.24, 2.45) is 9.98 Å². The van der Waals surface area contributed by atoms with Gasteiger partial charge in [0.1, 0.15) is 11.6 Å². The van der Waals surface area contributed by atoms with E-state index in [0.29, 0.717) is 44.8 Å². The molecule has 0 fully saturated rings. The Bertz CT molecular complexity index is 2180. The van der Waals surface area contributed by atoms with Gasteiger partial charge in [-0.05, 0) is 62.4 Å². The Hall–Kier alpha value is -3.95. The molecule has 50 heavy (non-hydrogen) atoms. The van der Waals surface area contributed by atoms with Crippen LogP contribution >= 0.6 is 58.0 Å². The largest absolute Gasteiger partial charge is 0.390 e. The van der Waals surface area contributed by atoms with Crippen molar-refractivity contribution >= 4 is 69.4 Å². The lowest BCUT2D eigenvalue weighted by atomic mass is 10.0. The molecule has 0 radical (unpaired) electrons. The zero-order valence-electron chi connectivity index (χ0n) is 26.9. The van der Waals surface area contributed by atoms with Gasteiger partial charge in [-0.3, -0.25) is 19.1 Å². The normalized spacial score (nSPS) is 13.0. The maximum absolute atomic E-state index is 9.65. The molecule has 8 rings (SSSR count). The first-order valence-electron chi connectivity index (χ1n) is 15.7. The highest BCUT2D eigenvalue weighted by Gasteiger charge is 2.26. The van der Waals surface area contributed by atoms with Gasteiger partial charge in [0, 0.05) is 42.3 Å². The Morgan fingerprint density at radius 3 is 1.48 bits per heavy atom. The van der Waals surface area contributed by atoms with E-state index in [9.17, 15) is 5.11 Å². The van der Waals surface area contributed by atoms with Gasteiger partial charge < -0.3 is 5.11 Å². The van der Waals surface area contributed by atoms with Crippen LogP contribution in [0.1, 0.15) is 56.7 Å². The lowest BCUT2D eigenvalue weighted by molar-refractivity contribution is 0.276. The van der Waals surface area contributed by atoms with Gasteiger partial charge in [-0.2, -0.15) is 0 Å². The summed E-state index contributed by atoms with van der Waals surface area (Å²) in [6.45, 7) is 4.66. The number of aromatic nitrogens is 4. The summed E-state index contributed by atoms with van der Waals surface area (Å²) in [5, 5.41) is 12.2. The number of hydrogen-bond donors (Lipinski definition) is 1. The zero-order valence-corrected chi connectivity index (χ0v) is 30.7. The van der Waals surface area contributed by atoms with E-state index >= 15 is 0 Å². The van der Waals surface area contributed by atoms with Crippen molar-refractivity contribution in [1.29, 1.82) is 0 Å². The zero-order chi connectivity index (χ0) is 35.1. The number of aliphatic hydroxyl groups is 1. The molecule has 0 spiro atoms. The summed E-state index contributed by atoms with van der Waals surface area (Å²) in [6.07, 6.45) is 0. The van der Waals surface area contributed by atoms with Gasteiger partial charge in [-0.1, -0.05) is 82.8 Å². The highest BCUT2D eigenvalue weighted by Crippen LogP contribution is 2.34. The maximum Gasteiger partial charge on any atom is 0.110 e. The van der Waals surface area contributed by atoms with Crippen molar-refractivity contribution in [2.75, 3.05) is 0 Å². The maximum atomic E-state index is 9.65. The average Bonchev–Trinajstić information content (AvgIpc) is 3.47. The van der Waals surface area contributed by atoms with Crippen LogP contribution in [0.25, 0.3) is 11.4 Å². The molecule has 1 N–H and O–H groups in total. The van der Waals surface area contributed by atoms with Gasteiger partial charge in [-0.25, -0.2) is 9.97 Å². The Morgan fingerprint density at radius 1 is 0.600 bits per heavy atom. The first kappa shape index (κ1) is 34.5. The molecule has 6 aromatic rings. The van der Waals surface area contributed by atoms with Crippen molar-refractivity contribution in [2.45, 2.75) is 39.4 Å². The molecule has 0 atom stereocenters. The molecule has 4 aromatic carbocycles. The number of fused-ring (bicyclic) bond motifs is 6. The van der Waals surface area contributed by atoms with E-state index < -0.39 is 0 Å². The van der Waals surface area contributed by atoms with Crippen LogP contribution in [0, 0.1) is 13.8 Å². The topological polar surface area (TPSA) is 80.6 Å². The minimum atomic E-state index is -0.122. The minimum absolute atomic E-state index is 0.122. The van der Waals surface area contributed by atoms with E-state index in [1.807, 2.05) is 103 Å². The van der Waals surface area contributed by atoms with Gasteiger partial charge in [0.25, 0.3) is 0 Å². The standard InChI is InChI=1S/C19H14Cl3N3.C19H15Cl2N3O/c1-11-24-16(9-20)18-10-23-19(13-4-2-3-5-15(13)22)14-8-12(21)6-7-17(14)25(11)18;1-11-23-16(10-25)18-9-22-19(13-4-2-3-5-15(13)21)14-8-12(20)6-7-17(14)24(11)18/h2-8H,9-10H2,1H3;2-8,25H,9-10H2,1H3. The third-order valence-electron chi connectivity index (χ3n) is 8.66. The molecule has 2 aromatic heterocycles. The number of benzene rings is 4. The van der Waals surface area contributed by atoms with Crippen LogP contribution in [0.4, 0.5) is 0 Å². The summed E-state index contributed by atoms with van der Waals surface area (Å²) in [5.74, 6) is 2.03. The number of hydrogen-bond acceptors (Lipinski definition) is 5. The van der Waals surface area contributed by atoms with E-state index in [-0.39, 0.29) is 6.61 Å². The van der Waals surface area contributed by atoms with E-state index in [1.165, 1.54) is 0 Å². The molecule has 0 unspecified atom stereocenters. The second-order valence-electron chi connectivity index (χ2n) is 11.7. The van der Waals surface area contributed by atoms with Gasteiger partial charge in [-0.15, -0.1) is 11.6 Å². The molecule has 0 aliphatic carbocycles. The molecule has 4 heterocycles. The van der Waals surface area contributed by atoms with E-state index in [1.54, 1.807) is 0 Å². The molecule has 0 bridgehead atoms. The number of nitrogens with zero attached hydrogens (tertiary/aromatic N) is 6. The second-order valence-corrected chi connectivity index (χ2v) is 13.6. The Labute approximate surface area is 314 Å². The summed E-state index contributed by atoms with van der Waals surface area (Å²) >= 11 is 31.5. The molecule has 12 heteroatoms. The number of rotatable bonds is 4. The van der Waals surface area contributed by atoms with Crippen LogP contribution in [-0.4, -0.2) is 35.6 Å². The fourth-order valence-corrected chi connectivity index (χ4v) is 7.51. The summed E-state index contributed by atoms with van der Waals surface area (Å²) in [7, 11) is 0. The monoisotopic (exact) mass is 760 g/mol. The predicted octanol–water partition coefficient (Wildman–Crippen LogP) is 9.91. The van der Waals surface area contributed by atoms with E-state index in [2.05, 4.69) is 14.5 Å². The van der Waals surface area contributed by atoms with Crippen molar-refractivity contribution < 1.29 is 5.11 Å². The third-order valence-corrected chi connectivity index (χ3v) is 10.0. The molecule has 2 aliphatic heterocycles. The van der Waals surface area contributed by atoms with Crippen LogP contribution in [0.5, 0.6) is 0 Å². The predicted molar refractivity (Wildman–Crippen MR) is 204 cm³/mol. The van der Waals surface area contributed by atoms with Crippen LogP contribution in [-0.2, 0) is 25.6 Å². The lowest BCUT2D eigenvalue weighted by Gasteiger charge is -2.14. The first-order valence-corrected chi connectivity index (χ1v) is 17.7. The second kappa shape index (κ2) is 14.3. The number of aryl methyl sites for hydroxylation is 2. The summed E-state index contributed by atoms with van der Waals surface area (Å²) in [4.78, 5) is 18.7. The van der Waals surface area contributed by atoms with Crippen LogP contribution < -0.4 is 0 Å². The third kappa shape index (κ3) is 6.28. The SMILES string of the molecule is Cc1nc(CCl)c2n1-c1ccc(Cl)cc1C(c1ccccc1Cl)=NC2.Cc1nc(CO)c2n1-c1ccc(Cl)cc1C(c1ccccc1Cl)=NC2. The van der Waals surface area contributed by atoms with Gasteiger partial charge in [0.05, 0.1) is 71.2 Å². The summed E-state index contributed by atoms with van der Waals surface area (Å²) in [5.41, 5.74) is 10.5. The first-order chi connectivity index (χ1) is 24.2. The number of aliphatic hydroxyl groups excluding tert-OH is 1. The van der Waals surface area contributed by atoms with Crippen LogP contribution in [0.2, 0.25) is 20.1 Å². The Balaban J connectivity index is 0.000000157. The fraction of sp³-hybridized carbons (Fsp3) is 0.158. The van der Waals surface area contributed by atoms with Crippen molar-refractivity contribution in [3.05, 3.63) is 162 Å². The van der Waals surface area contributed by atoms with Crippen molar-refractivity contribution in [3.63, 3.8) is 0 Å². The van der Waals surface area contributed by atoms with Crippen LogP contribution in [0.3, 0.4) is 0 Å². The molecule has 0 saturated heterocycles. The highest BCUT2D eigenvalue weighted by atomic mass is 35.5.